The maximum absolute atomic E-state index is 12.9. The summed E-state index contributed by atoms with van der Waals surface area (Å²) in [5, 5.41) is 0.201. The Bertz CT molecular complexity index is 957. The Labute approximate surface area is 165 Å². The van der Waals surface area contributed by atoms with Crippen LogP contribution in [0.25, 0.3) is 0 Å². The second-order valence-electron chi connectivity index (χ2n) is 6.14. The minimum atomic E-state index is -1.99. The third kappa shape index (κ3) is 3.81. The summed E-state index contributed by atoms with van der Waals surface area (Å²) >= 11 is 5.69. The van der Waals surface area contributed by atoms with E-state index in [4.69, 9.17) is 25.8 Å². The van der Waals surface area contributed by atoms with Gasteiger partial charge in [0.1, 0.15) is 17.2 Å². The molecular weight excluding hydrogens is 386 g/mol. The lowest BCUT2D eigenvalue weighted by atomic mass is 9.80. The summed E-state index contributed by atoms with van der Waals surface area (Å²) in [4.78, 5) is 41.7. The quantitative estimate of drug-likeness (QED) is 0.425. The van der Waals surface area contributed by atoms with Crippen molar-refractivity contribution in [1.29, 1.82) is 0 Å². The van der Waals surface area contributed by atoms with Crippen LogP contribution in [0.5, 0.6) is 0 Å². The van der Waals surface area contributed by atoms with Gasteiger partial charge in [-0.1, -0.05) is 17.7 Å². The first-order valence-electron chi connectivity index (χ1n) is 8.25. The van der Waals surface area contributed by atoms with Crippen molar-refractivity contribution in [2.45, 2.75) is 12.5 Å². The van der Waals surface area contributed by atoms with Crippen LogP contribution in [0.2, 0.25) is 5.15 Å². The topological polar surface area (TPSA) is 91.8 Å². The first-order valence-corrected chi connectivity index (χ1v) is 8.63. The molecule has 1 aliphatic heterocycles. The fourth-order valence-corrected chi connectivity index (χ4v) is 2.71. The number of hydrogen-bond acceptors (Lipinski definition) is 7. The van der Waals surface area contributed by atoms with Crippen LogP contribution in [0.4, 0.5) is 0 Å². The molecule has 28 heavy (non-hydrogen) atoms. The number of esters is 1. The van der Waals surface area contributed by atoms with Gasteiger partial charge in [0.2, 0.25) is 17.2 Å². The van der Waals surface area contributed by atoms with Crippen molar-refractivity contribution in [1.82, 2.24) is 4.98 Å². The van der Waals surface area contributed by atoms with Crippen LogP contribution in [-0.2, 0) is 23.8 Å². The third-order valence-corrected chi connectivity index (χ3v) is 4.38. The fraction of sp³-hybridized carbons (Fsp3) is 0.200. The number of fused-ring (bicyclic) bond motifs is 1. The number of methoxy groups -OCH3 is 1. The van der Waals surface area contributed by atoms with E-state index >= 15 is 0 Å². The fourth-order valence-electron chi connectivity index (χ4n) is 2.60. The van der Waals surface area contributed by atoms with Crippen LogP contribution < -0.4 is 0 Å². The number of allylic oxidation sites excluding steroid dienone is 3. The molecule has 1 unspecified atom stereocenters. The van der Waals surface area contributed by atoms with E-state index in [1.807, 2.05) is 0 Å². The second kappa shape index (κ2) is 7.92. The molecule has 0 saturated carbocycles. The van der Waals surface area contributed by atoms with Crippen molar-refractivity contribution in [3.8, 4) is 0 Å². The molecule has 0 amide bonds. The molecular formula is C20H16ClNO6. The molecule has 2 heterocycles. The third-order valence-electron chi connectivity index (χ3n) is 4.16. The first kappa shape index (κ1) is 19.7. The molecule has 1 aromatic heterocycles. The zero-order valence-corrected chi connectivity index (χ0v) is 15.9. The first-order chi connectivity index (χ1) is 13.3. The van der Waals surface area contributed by atoms with Crippen molar-refractivity contribution in [2.24, 2.45) is 0 Å². The molecule has 0 aromatic carbocycles. The molecule has 0 saturated heterocycles. The Morgan fingerprint density at radius 2 is 2.11 bits per heavy atom. The average molecular weight is 402 g/mol. The number of Topliss-reactive ketones (excluding diaryl/α,β-unsaturated/α-hetero) is 1. The number of rotatable bonds is 5. The molecule has 8 heteroatoms. The van der Waals surface area contributed by atoms with E-state index in [-0.39, 0.29) is 16.3 Å². The van der Waals surface area contributed by atoms with Crippen molar-refractivity contribution >= 4 is 29.1 Å². The highest BCUT2D eigenvalue weighted by Crippen LogP contribution is 2.33. The Morgan fingerprint density at radius 1 is 1.32 bits per heavy atom. The van der Waals surface area contributed by atoms with Crippen LogP contribution in [-0.4, -0.2) is 41.8 Å². The van der Waals surface area contributed by atoms with E-state index in [0.29, 0.717) is 17.9 Å². The highest BCUT2D eigenvalue weighted by atomic mass is 35.5. The number of aromatic nitrogens is 1. The van der Waals surface area contributed by atoms with Gasteiger partial charge in [0.15, 0.2) is 0 Å². The van der Waals surface area contributed by atoms with Gasteiger partial charge >= 0.3 is 5.97 Å². The normalized spacial score (nSPS) is 21.5. The highest BCUT2D eigenvalue weighted by molar-refractivity contribution is 6.29. The second-order valence-corrected chi connectivity index (χ2v) is 6.53. The number of nitrogens with zero attached hydrogens (tertiary/aromatic N) is 1. The molecule has 3 rings (SSSR count). The number of ketones is 2. The van der Waals surface area contributed by atoms with Crippen LogP contribution in [0, 0.1) is 0 Å². The largest absolute Gasteiger partial charge is 0.464 e. The molecule has 7 nitrogen and oxygen atoms in total. The van der Waals surface area contributed by atoms with Crippen molar-refractivity contribution in [2.75, 3.05) is 13.7 Å². The van der Waals surface area contributed by atoms with E-state index in [1.54, 1.807) is 25.3 Å². The molecule has 144 valence electrons. The van der Waals surface area contributed by atoms with E-state index in [1.165, 1.54) is 37.6 Å². The van der Waals surface area contributed by atoms with Gasteiger partial charge in [-0.05, 0) is 42.9 Å². The lowest BCUT2D eigenvalue weighted by molar-refractivity contribution is -0.145. The number of halogens is 1. The molecule has 0 N–H and O–H groups in total. The predicted molar refractivity (Wildman–Crippen MR) is 99.4 cm³/mol. The SMILES string of the molecule is COC/C=C/C1=CC2=CC(=O)C(C)(OC(=O)c3ccc(Cl)nc3)C(=O)C2=CO1. The average Bonchev–Trinajstić information content (AvgIpc) is 2.67. The van der Waals surface area contributed by atoms with E-state index in [0.717, 1.165) is 0 Å². The molecule has 1 atom stereocenters. The smallest absolute Gasteiger partial charge is 0.341 e. The van der Waals surface area contributed by atoms with E-state index < -0.39 is 23.1 Å². The number of pyridine rings is 1. The monoisotopic (exact) mass is 401 g/mol. The lowest BCUT2D eigenvalue weighted by Crippen LogP contribution is -2.50. The van der Waals surface area contributed by atoms with E-state index in [9.17, 15) is 14.4 Å². The molecule has 1 aromatic rings. The van der Waals surface area contributed by atoms with Gasteiger partial charge in [0.05, 0.1) is 17.7 Å². The Morgan fingerprint density at radius 3 is 2.79 bits per heavy atom. The molecule has 1 aliphatic carbocycles. The molecule has 0 spiro atoms. The maximum Gasteiger partial charge on any atom is 0.341 e. The van der Waals surface area contributed by atoms with Crippen LogP contribution >= 0.6 is 11.6 Å². The number of ether oxygens (including phenoxy) is 3. The van der Waals surface area contributed by atoms with Gasteiger partial charge in [-0.2, -0.15) is 0 Å². The van der Waals surface area contributed by atoms with Gasteiger partial charge in [-0.25, -0.2) is 9.78 Å². The molecule has 2 aliphatic rings. The number of carbonyl (C=O) groups is 3. The summed E-state index contributed by atoms with van der Waals surface area (Å²) in [6, 6.07) is 2.80. The van der Waals surface area contributed by atoms with Gasteiger partial charge in [0.25, 0.3) is 0 Å². The zero-order valence-electron chi connectivity index (χ0n) is 15.1. The minimum absolute atomic E-state index is 0.0698. The maximum atomic E-state index is 12.9. The summed E-state index contributed by atoms with van der Waals surface area (Å²) in [6.07, 6.45) is 8.65. The standard InChI is InChI=1S/C20H16ClNO6/c1-20(28-19(25)12-5-6-17(21)22-10-12)16(23)9-13-8-14(4-3-7-26-2)27-11-15(13)18(20)24/h3-6,8-11H,7H2,1-2H3/b4-3+. The summed E-state index contributed by atoms with van der Waals surface area (Å²) in [5.74, 6) is -1.72. The summed E-state index contributed by atoms with van der Waals surface area (Å²) in [7, 11) is 1.56. The zero-order chi connectivity index (χ0) is 20.3. The van der Waals surface area contributed by atoms with Crippen molar-refractivity contribution in [3.05, 3.63) is 76.5 Å². The minimum Gasteiger partial charge on any atom is -0.464 e. The van der Waals surface area contributed by atoms with Crippen LogP contribution in [0.1, 0.15) is 17.3 Å². The van der Waals surface area contributed by atoms with E-state index in [2.05, 4.69) is 4.98 Å². The molecule has 0 radical (unpaired) electrons. The summed E-state index contributed by atoms with van der Waals surface area (Å²) < 4.78 is 15.6. The van der Waals surface area contributed by atoms with Gasteiger partial charge in [0, 0.05) is 13.3 Å². The Hall–Kier alpha value is -3.03. The van der Waals surface area contributed by atoms with Gasteiger partial charge < -0.3 is 14.2 Å². The van der Waals surface area contributed by atoms with Crippen molar-refractivity contribution < 1.29 is 28.6 Å². The lowest BCUT2D eigenvalue weighted by Gasteiger charge is -2.31. The Kier molecular flexibility index (Phi) is 5.58. The Balaban J connectivity index is 1.85. The number of hydrogen-bond donors (Lipinski definition) is 0. The molecule has 0 bridgehead atoms. The van der Waals surface area contributed by atoms with Gasteiger partial charge in [-0.3, -0.25) is 9.59 Å². The van der Waals surface area contributed by atoms with Crippen LogP contribution in [0.3, 0.4) is 0 Å². The molecule has 0 fully saturated rings. The summed E-state index contributed by atoms with van der Waals surface area (Å²) in [6.45, 7) is 1.65. The predicted octanol–water partition coefficient (Wildman–Crippen LogP) is 2.73. The van der Waals surface area contributed by atoms with Crippen molar-refractivity contribution in [3.63, 3.8) is 0 Å². The van der Waals surface area contributed by atoms with Gasteiger partial charge in [-0.15, -0.1) is 0 Å². The highest BCUT2D eigenvalue weighted by Gasteiger charge is 2.49. The van der Waals surface area contributed by atoms with Crippen LogP contribution in [0.15, 0.2) is 65.8 Å². The number of carbonyl (C=O) groups excluding carboxylic acids is 3. The summed E-state index contributed by atoms with van der Waals surface area (Å²) in [5.41, 5.74) is -1.39.